The van der Waals surface area contributed by atoms with Crippen molar-refractivity contribution in [2.75, 3.05) is 13.2 Å². The van der Waals surface area contributed by atoms with E-state index in [1.807, 2.05) is 37.3 Å². The number of ether oxygens (including phenoxy) is 1. The standard InChI is InChI=1S/C17H20N4O3S/c1-3-21-12-16(13(2)20-21)25(22,23)19-10-11-24-15-8-4-6-14-7-5-9-18-17(14)15/h4-9,12,19H,3,10-11H2,1-2H3. The second-order valence-corrected chi connectivity index (χ2v) is 7.25. The molecule has 132 valence electrons. The van der Waals surface area contributed by atoms with Crippen LogP contribution in [0.3, 0.4) is 0 Å². The summed E-state index contributed by atoms with van der Waals surface area (Å²) in [6.45, 7) is 4.56. The Morgan fingerprint density at radius 3 is 2.80 bits per heavy atom. The van der Waals surface area contributed by atoms with Crippen molar-refractivity contribution in [1.29, 1.82) is 0 Å². The third-order valence-corrected chi connectivity index (χ3v) is 5.33. The largest absolute Gasteiger partial charge is 0.490 e. The number of hydrogen-bond acceptors (Lipinski definition) is 5. The van der Waals surface area contributed by atoms with Gasteiger partial charge in [0.2, 0.25) is 10.0 Å². The molecule has 0 radical (unpaired) electrons. The number of aryl methyl sites for hydroxylation is 2. The van der Waals surface area contributed by atoms with Gasteiger partial charge >= 0.3 is 0 Å². The van der Waals surface area contributed by atoms with E-state index in [9.17, 15) is 8.42 Å². The number of aromatic nitrogens is 3. The fraction of sp³-hybridized carbons (Fsp3) is 0.294. The van der Waals surface area contributed by atoms with Gasteiger partial charge in [-0.2, -0.15) is 5.10 Å². The lowest BCUT2D eigenvalue weighted by molar-refractivity contribution is 0.326. The van der Waals surface area contributed by atoms with Gasteiger partial charge in [0.25, 0.3) is 0 Å². The number of sulfonamides is 1. The van der Waals surface area contributed by atoms with E-state index in [0.717, 1.165) is 10.9 Å². The van der Waals surface area contributed by atoms with Gasteiger partial charge in [0, 0.05) is 30.9 Å². The molecule has 8 heteroatoms. The molecule has 2 aromatic heterocycles. The Kier molecular flexibility index (Phi) is 5.00. The van der Waals surface area contributed by atoms with Crippen molar-refractivity contribution >= 4 is 20.9 Å². The van der Waals surface area contributed by atoms with E-state index in [2.05, 4.69) is 14.8 Å². The number of benzene rings is 1. The average Bonchev–Trinajstić information content (AvgIpc) is 3.01. The summed E-state index contributed by atoms with van der Waals surface area (Å²) in [7, 11) is -3.61. The molecule has 7 nitrogen and oxygen atoms in total. The monoisotopic (exact) mass is 360 g/mol. The zero-order chi connectivity index (χ0) is 17.9. The maximum Gasteiger partial charge on any atom is 0.244 e. The Balaban J connectivity index is 1.63. The molecule has 2 heterocycles. The lowest BCUT2D eigenvalue weighted by Gasteiger charge is -2.09. The minimum Gasteiger partial charge on any atom is -0.490 e. The summed E-state index contributed by atoms with van der Waals surface area (Å²) in [5.74, 6) is 0.632. The van der Waals surface area contributed by atoms with E-state index in [1.54, 1.807) is 17.8 Å². The highest BCUT2D eigenvalue weighted by atomic mass is 32.2. The van der Waals surface area contributed by atoms with Crippen LogP contribution in [0.4, 0.5) is 0 Å². The molecule has 0 bridgehead atoms. The highest BCUT2D eigenvalue weighted by molar-refractivity contribution is 7.89. The fourth-order valence-corrected chi connectivity index (χ4v) is 3.73. The van der Waals surface area contributed by atoms with E-state index in [1.165, 1.54) is 6.20 Å². The minimum atomic E-state index is -3.61. The van der Waals surface area contributed by atoms with E-state index in [-0.39, 0.29) is 18.0 Å². The first-order chi connectivity index (χ1) is 12.0. The molecule has 3 aromatic rings. The van der Waals surface area contributed by atoms with Crippen LogP contribution in [0, 0.1) is 6.92 Å². The Morgan fingerprint density at radius 1 is 1.24 bits per heavy atom. The number of hydrogen-bond donors (Lipinski definition) is 1. The van der Waals surface area contributed by atoms with Crippen molar-refractivity contribution in [2.24, 2.45) is 0 Å². The molecule has 1 aromatic carbocycles. The van der Waals surface area contributed by atoms with Crippen molar-refractivity contribution in [2.45, 2.75) is 25.3 Å². The molecule has 0 saturated carbocycles. The summed E-state index contributed by atoms with van der Waals surface area (Å²) in [5, 5.41) is 5.14. The number of para-hydroxylation sites is 1. The van der Waals surface area contributed by atoms with Gasteiger partial charge in [0.15, 0.2) is 0 Å². The molecule has 25 heavy (non-hydrogen) atoms. The third kappa shape index (κ3) is 3.80. The summed E-state index contributed by atoms with van der Waals surface area (Å²) in [6.07, 6.45) is 3.24. The van der Waals surface area contributed by atoms with Crippen molar-refractivity contribution in [3.63, 3.8) is 0 Å². The zero-order valence-electron chi connectivity index (χ0n) is 14.1. The van der Waals surface area contributed by atoms with Gasteiger partial charge in [-0.3, -0.25) is 9.67 Å². The topological polar surface area (TPSA) is 86.1 Å². The Hall–Kier alpha value is -2.45. The summed E-state index contributed by atoms with van der Waals surface area (Å²) in [5.41, 5.74) is 1.24. The van der Waals surface area contributed by atoms with Crippen LogP contribution in [0.2, 0.25) is 0 Å². The lowest BCUT2D eigenvalue weighted by atomic mass is 10.2. The quantitative estimate of drug-likeness (QED) is 0.652. The van der Waals surface area contributed by atoms with Gasteiger partial charge in [0.1, 0.15) is 22.8 Å². The summed E-state index contributed by atoms with van der Waals surface area (Å²) in [6, 6.07) is 9.46. The lowest BCUT2D eigenvalue weighted by Crippen LogP contribution is -2.28. The molecule has 0 unspecified atom stereocenters. The summed E-state index contributed by atoms with van der Waals surface area (Å²) in [4.78, 5) is 4.50. The molecule has 0 saturated heterocycles. The van der Waals surface area contributed by atoms with Crippen LogP contribution in [0.25, 0.3) is 10.9 Å². The van der Waals surface area contributed by atoms with E-state index in [4.69, 9.17) is 4.74 Å². The molecule has 0 aliphatic rings. The van der Waals surface area contributed by atoms with Gasteiger partial charge in [0.05, 0.1) is 5.69 Å². The van der Waals surface area contributed by atoms with Gasteiger partial charge in [-0.25, -0.2) is 13.1 Å². The number of nitrogens with one attached hydrogen (secondary N) is 1. The first kappa shape index (κ1) is 17.4. The first-order valence-electron chi connectivity index (χ1n) is 8.01. The molecule has 0 amide bonds. The molecule has 0 aliphatic carbocycles. The van der Waals surface area contributed by atoms with Crippen molar-refractivity contribution in [3.05, 3.63) is 48.4 Å². The molecule has 1 N–H and O–H groups in total. The Morgan fingerprint density at radius 2 is 2.04 bits per heavy atom. The van der Waals surface area contributed by atoms with Crippen LogP contribution in [-0.4, -0.2) is 36.3 Å². The van der Waals surface area contributed by atoms with E-state index >= 15 is 0 Å². The zero-order valence-corrected chi connectivity index (χ0v) is 15.0. The van der Waals surface area contributed by atoms with Crippen molar-refractivity contribution in [1.82, 2.24) is 19.5 Å². The SMILES string of the molecule is CCn1cc(S(=O)(=O)NCCOc2cccc3cccnc23)c(C)n1. The van der Waals surface area contributed by atoms with Gasteiger partial charge in [-0.05, 0) is 26.0 Å². The van der Waals surface area contributed by atoms with Crippen molar-refractivity contribution in [3.8, 4) is 5.75 Å². The maximum absolute atomic E-state index is 12.4. The molecule has 0 fully saturated rings. The number of rotatable bonds is 7. The highest BCUT2D eigenvalue weighted by Gasteiger charge is 2.19. The predicted molar refractivity (Wildman–Crippen MR) is 95.1 cm³/mol. The smallest absolute Gasteiger partial charge is 0.244 e. The Labute approximate surface area is 146 Å². The van der Waals surface area contributed by atoms with Crippen molar-refractivity contribution < 1.29 is 13.2 Å². The number of pyridine rings is 1. The van der Waals surface area contributed by atoms with Gasteiger partial charge < -0.3 is 4.74 Å². The predicted octanol–water partition coefficient (Wildman–Crippen LogP) is 2.12. The number of fused-ring (bicyclic) bond motifs is 1. The minimum absolute atomic E-state index is 0.155. The Bertz CT molecular complexity index is 977. The summed E-state index contributed by atoms with van der Waals surface area (Å²) >= 11 is 0. The van der Waals surface area contributed by atoms with Crippen LogP contribution in [0.1, 0.15) is 12.6 Å². The highest BCUT2D eigenvalue weighted by Crippen LogP contribution is 2.22. The van der Waals surface area contributed by atoms with Gasteiger partial charge in [-0.15, -0.1) is 0 Å². The second-order valence-electron chi connectivity index (χ2n) is 5.51. The maximum atomic E-state index is 12.4. The summed E-state index contributed by atoms with van der Waals surface area (Å²) < 4.78 is 34.6. The van der Waals surface area contributed by atoms with E-state index in [0.29, 0.717) is 18.0 Å². The average molecular weight is 360 g/mol. The second kappa shape index (κ2) is 7.20. The normalized spacial score (nSPS) is 11.8. The fourth-order valence-electron chi connectivity index (χ4n) is 2.53. The van der Waals surface area contributed by atoms with Crippen LogP contribution in [0.15, 0.2) is 47.6 Å². The van der Waals surface area contributed by atoms with Crippen LogP contribution in [-0.2, 0) is 16.6 Å². The molecular formula is C17H20N4O3S. The molecular weight excluding hydrogens is 340 g/mol. The first-order valence-corrected chi connectivity index (χ1v) is 9.50. The molecule has 0 aliphatic heterocycles. The van der Waals surface area contributed by atoms with Crippen LogP contribution < -0.4 is 9.46 Å². The molecule has 0 atom stereocenters. The molecule has 0 spiro atoms. The third-order valence-electron chi connectivity index (χ3n) is 3.76. The molecule has 3 rings (SSSR count). The van der Waals surface area contributed by atoms with Gasteiger partial charge in [-0.1, -0.05) is 18.2 Å². The van der Waals surface area contributed by atoms with Crippen LogP contribution >= 0.6 is 0 Å². The number of nitrogens with zero attached hydrogens (tertiary/aromatic N) is 3. The van der Waals surface area contributed by atoms with Crippen LogP contribution in [0.5, 0.6) is 5.75 Å². The van der Waals surface area contributed by atoms with E-state index < -0.39 is 10.0 Å².